The van der Waals surface area contributed by atoms with Gasteiger partial charge in [-0.25, -0.2) is 0 Å². The normalized spacial score (nSPS) is 11.2. The molecule has 0 aliphatic heterocycles. The van der Waals surface area contributed by atoms with Gasteiger partial charge in [-0.1, -0.05) is 10.4 Å². The summed E-state index contributed by atoms with van der Waals surface area (Å²) >= 11 is 0.0637. The van der Waals surface area contributed by atoms with E-state index in [1.165, 1.54) is 0 Å². The van der Waals surface area contributed by atoms with Crippen LogP contribution in [0, 0.1) is 6.92 Å². The van der Waals surface area contributed by atoms with Crippen LogP contribution < -0.4 is 20.8 Å². The number of benzene rings is 1. The lowest BCUT2D eigenvalue weighted by Crippen LogP contribution is -2.18. The van der Waals surface area contributed by atoms with E-state index in [0.29, 0.717) is 24.6 Å². The fraction of sp³-hybridized carbons (Fsp3) is 0.438. The van der Waals surface area contributed by atoms with Gasteiger partial charge in [0.2, 0.25) is 30.2 Å². The number of anilines is 4. The van der Waals surface area contributed by atoms with Crippen molar-refractivity contribution >= 4 is 46.0 Å². The van der Waals surface area contributed by atoms with Gasteiger partial charge in [-0.2, -0.15) is 23.4 Å². The zero-order valence-corrected chi connectivity index (χ0v) is 18.6. The largest absolute Gasteiger partial charge is 0.394 e. The van der Waals surface area contributed by atoms with E-state index in [1.807, 2.05) is 0 Å². The van der Waals surface area contributed by atoms with Crippen LogP contribution in [-0.4, -0.2) is 76.2 Å². The highest BCUT2D eigenvalue weighted by Gasteiger charge is 2.10. The van der Waals surface area contributed by atoms with Crippen LogP contribution in [0.15, 0.2) is 18.2 Å². The predicted molar refractivity (Wildman–Crippen MR) is 118 cm³/mol. The molecule has 16 heteroatoms. The fourth-order valence-corrected chi connectivity index (χ4v) is 2.70. The predicted octanol–water partition coefficient (Wildman–Crippen LogP) is 1.08. The zero-order chi connectivity index (χ0) is 23.4. The summed E-state index contributed by atoms with van der Waals surface area (Å²) in [6.07, 6.45) is 0. The highest BCUT2D eigenvalue weighted by molar-refractivity contribution is 7.88. The van der Waals surface area contributed by atoms with Crippen LogP contribution in [0.1, 0.15) is 5.56 Å². The molecule has 0 amide bonds. The second-order valence-corrected chi connectivity index (χ2v) is 7.97. The molecule has 0 fully saturated rings. The van der Waals surface area contributed by atoms with Crippen molar-refractivity contribution in [3.8, 4) is 5.75 Å². The molecule has 0 unspecified atom stereocenters. The van der Waals surface area contributed by atoms with E-state index in [4.69, 9.17) is 23.8 Å². The van der Waals surface area contributed by atoms with Crippen LogP contribution in [0.2, 0.25) is 0 Å². The number of hydrogen-bond donors (Lipinski definition) is 6. The molecule has 2 aromatic rings. The molecule has 0 aliphatic rings. The zero-order valence-electron chi connectivity index (χ0n) is 17.0. The summed E-state index contributed by atoms with van der Waals surface area (Å²) in [5.74, 6) is 0.180. The lowest BCUT2D eigenvalue weighted by Gasteiger charge is -2.12. The molecule has 1 aromatic carbocycles. The van der Waals surface area contributed by atoms with E-state index in [2.05, 4.69) is 35.2 Å². The molecule has 0 aliphatic carbocycles. The molecule has 0 atom stereocenters. The Kier molecular flexibility index (Phi) is 10.6. The Morgan fingerprint density at radius 2 is 1.75 bits per heavy atom. The quantitative estimate of drug-likeness (QED) is 0.0678. The first-order valence-electron chi connectivity index (χ1n) is 9.20. The molecule has 1 aromatic heterocycles. The average molecular weight is 493 g/mol. The number of aliphatic hydroxyl groups is 1. The van der Waals surface area contributed by atoms with E-state index in [9.17, 15) is 8.42 Å². The minimum atomic E-state index is -4.15. The van der Waals surface area contributed by atoms with Crippen LogP contribution in [0.5, 0.6) is 5.75 Å². The first-order valence-corrected chi connectivity index (χ1v) is 11.5. The summed E-state index contributed by atoms with van der Waals surface area (Å²) in [6, 6.07) is 5.07. The lowest BCUT2D eigenvalue weighted by atomic mass is 10.2. The van der Waals surface area contributed by atoms with Gasteiger partial charge in [-0.05, 0) is 18.6 Å². The van der Waals surface area contributed by atoms with E-state index in [-0.39, 0.29) is 49.9 Å². The van der Waals surface area contributed by atoms with E-state index < -0.39 is 15.9 Å². The molecule has 1 heterocycles. The van der Waals surface area contributed by atoms with Crippen molar-refractivity contribution in [2.24, 2.45) is 0 Å². The van der Waals surface area contributed by atoms with Gasteiger partial charge < -0.3 is 35.2 Å². The molecule has 0 bridgehead atoms. The van der Waals surface area contributed by atoms with E-state index in [0.717, 1.165) is 5.56 Å². The van der Waals surface area contributed by atoms with Crippen molar-refractivity contribution in [1.82, 2.24) is 15.0 Å². The Morgan fingerprint density at radius 1 is 1.06 bits per heavy atom. The Hall–Kier alpha value is -2.47. The summed E-state index contributed by atoms with van der Waals surface area (Å²) in [5, 5.41) is 17.3. The van der Waals surface area contributed by atoms with Crippen LogP contribution in [-0.2, 0) is 19.2 Å². The summed E-state index contributed by atoms with van der Waals surface area (Å²) in [4.78, 5) is 17.5. The van der Waals surface area contributed by atoms with Gasteiger partial charge in [-0.3, -0.25) is 4.55 Å². The number of nitrogens with zero attached hydrogens (tertiary/aromatic N) is 3. The molecule has 178 valence electrons. The van der Waals surface area contributed by atoms with Gasteiger partial charge in [0.05, 0.1) is 25.6 Å². The van der Waals surface area contributed by atoms with E-state index >= 15 is 0 Å². The number of hydrogen-bond acceptors (Lipinski definition) is 14. The number of aliphatic hydroxyl groups excluding tert-OH is 1. The maximum Gasteiger partial charge on any atom is 0.266 e. The molecule has 14 nitrogen and oxygen atoms in total. The van der Waals surface area contributed by atoms with Crippen molar-refractivity contribution in [2.45, 2.75) is 6.92 Å². The minimum absolute atomic E-state index is 0.0634. The molecule has 32 heavy (non-hydrogen) atoms. The van der Waals surface area contributed by atoms with E-state index in [1.54, 1.807) is 25.1 Å². The molecular weight excluding hydrogens is 468 g/mol. The third-order valence-corrected chi connectivity index (χ3v) is 4.49. The molecule has 6 N–H and O–H groups in total. The standard InChI is InChI=1S/C16H24N6O8S2/c1-11-2-3-12(10-13(11)29-30-31-24)19-16-21-14(17-4-7-28-8-6-23)20-15(22-16)18-5-9-32(25,26)27/h2-3,10,23-24H,4-9H2,1H3,(H,25,26,27)(H3,17,18,19,20,21,22). The smallest absolute Gasteiger partial charge is 0.266 e. The summed E-state index contributed by atoms with van der Waals surface area (Å²) < 4.78 is 49.0. The van der Waals surface area contributed by atoms with Gasteiger partial charge >= 0.3 is 0 Å². The highest BCUT2D eigenvalue weighted by atomic mass is 32.2. The van der Waals surface area contributed by atoms with Gasteiger partial charge in [0, 0.05) is 24.8 Å². The van der Waals surface area contributed by atoms with Crippen molar-refractivity contribution in [2.75, 3.05) is 54.6 Å². The third-order valence-electron chi connectivity index (χ3n) is 3.64. The molecule has 0 spiro atoms. The second-order valence-electron chi connectivity index (χ2n) is 6.11. The van der Waals surface area contributed by atoms with Crippen molar-refractivity contribution in [3.63, 3.8) is 0 Å². The molecule has 0 radical (unpaired) electrons. The Balaban J connectivity index is 2.15. The Morgan fingerprint density at radius 3 is 2.41 bits per heavy atom. The summed E-state index contributed by atoms with van der Waals surface area (Å²) in [5.41, 5.74) is 1.28. The number of ether oxygens (including phenoxy) is 1. The maximum atomic E-state index is 10.9. The summed E-state index contributed by atoms with van der Waals surface area (Å²) in [7, 11) is -4.15. The molecule has 0 saturated carbocycles. The van der Waals surface area contributed by atoms with Crippen LogP contribution in [0.25, 0.3) is 0 Å². The molecule has 2 rings (SSSR count). The monoisotopic (exact) mass is 492 g/mol. The molecular formula is C16H24N6O8S2. The summed E-state index contributed by atoms with van der Waals surface area (Å²) in [6.45, 7) is 2.40. The average Bonchev–Trinajstić information content (AvgIpc) is 2.73. The van der Waals surface area contributed by atoms with Crippen molar-refractivity contribution in [1.29, 1.82) is 0 Å². The topological polar surface area (TPSA) is 197 Å². The maximum absolute atomic E-state index is 10.9. The van der Waals surface area contributed by atoms with Crippen LogP contribution in [0.4, 0.5) is 23.5 Å². The Bertz CT molecular complexity index is 966. The van der Waals surface area contributed by atoms with Crippen molar-refractivity contribution in [3.05, 3.63) is 23.8 Å². The fourth-order valence-electron chi connectivity index (χ4n) is 2.23. The number of rotatable bonds is 15. The second kappa shape index (κ2) is 13.2. The number of nitrogens with one attached hydrogen (secondary N) is 3. The first-order chi connectivity index (χ1) is 15.3. The van der Waals surface area contributed by atoms with Gasteiger partial charge in [-0.15, -0.1) is 0 Å². The Labute approximate surface area is 188 Å². The first kappa shape index (κ1) is 25.8. The lowest BCUT2D eigenvalue weighted by molar-refractivity contribution is -0.0848. The van der Waals surface area contributed by atoms with Crippen LogP contribution >= 0.6 is 12.3 Å². The third kappa shape index (κ3) is 9.77. The minimum Gasteiger partial charge on any atom is -0.394 e. The highest BCUT2D eigenvalue weighted by Crippen LogP contribution is 2.25. The molecule has 0 saturated heterocycles. The van der Waals surface area contributed by atoms with Gasteiger partial charge in [0.1, 0.15) is 0 Å². The SMILES string of the molecule is Cc1ccc(Nc2nc(NCCOCCO)nc(NCCS(=O)(=O)O)n2)cc1OOSO. The van der Waals surface area contributed by atoms with Gasteiger partial charge in [0.15, 0.2) is 5.75 Å². The van der Waals surface area contributed by atoms with Crippen molar-refractivity contribution < 1.29 is 36.6 Å². The number of aromatic nitrogens is 3. The van der Waals surface area contributed by atoms with Crippen LogP contribution in [0.3, 0.4) is 0 Å². The number of aryl methyl sites for hydroxylation is 1. The van der Waals surface area contributed by atoms with Gasteiger partial charge in [0.25, 0.3) is 10.1 Å².